The molecule has 1 amide bonds. The van der Waals surface area contributed by atoms with E-state index in [1.54, 1.807) is 0 Å². The number of phosphoric acid groups is 1. The number of ether oxygens (including phenoxy) is 1. The van der Waals surface area contributed by atoms with Crippen LogP contribution in [-0.4, -0.2) is 54.3 Å². The van der Waals surface area contributed by atoms with Gasteiger partial charge in [-0.05, 0) is 12.8 Å². The van der Waals surface area contributed by atoms with Crippen LogP contribution in [0.5, 0.6) is 0 Å². The second-order valence-corrected chi connectivity index (χ2v) is 11.5. The first-order chi connectivity index (χ1) is 18.3. The van der Waals surface area contributed by atoms with Gasteiger partial charge in [0.25, 0.3) is 0 Å². The molecular formula is C28H56NO8P. The minimum absolute atomic E-state index is 0.0857. The third kappa shape index (κ3) is 26.6. The van der Waals surface area contributed by atoms with Gasteiger partial charge in [0.2, 0.25) is 5.91 Å². The SMILES string of the molecule is CCCCCCCCCCCCC(=O)OCC(O)COP(=O)(O)OCCNC(=O)CCCCCCCCC. The Hall–Kier alpha value is -0.990. The molecule has 0 fully saturated rings. The largest absolute Gasteiger partial charge is 0.472 e. The molecule has 0 spiro atoms. The van der Waals surface area contributed by atoms with Crippen molar-refractivity contribution >= 4 is 19.7 Å². The van der Waals surface area contributed by atoms with Gasteiger partial charge in [-0.1, -0.05) is 110 Å². The molecule has 0 aromatic rings. The summed E-state index contributed by atoms with van der Waals surface area (Å²) in [6, 6.07) is 0. The van der Waals surface area contributed by atoms with Gasteiger partial charge in [0.1, 0.15) is 12.7 Å². The van der Waals surface area contributed by atoms with Crippen LogP contribution in [0.25, 0.3) is 0 Å². The first-order valence-electron chi connectivity index (χ1n) is 15.0. The molecule has 0 aromatic heterocycles. The lowest BCUT2D eigenvalue weighted by atomic mass is 10.1. The Morgan fingerprint density at radius 2 is 1.18 bits per heavy atom. The van der Waals surface area contributed by atoms with Crippen molar-refractivity contribution in [2.75, 3.05) is 26.4 Å². The van der Waals surface area contributed by atoms with Crippen LogP contribution in [0.15, 0.2) is 0 Å². The van der Waals surface area contributed by atoms with E-state index in [9.17, 15) is 24.2 Å². The minimum atomic E-state index is -4.38. The molecule has 0 aliphatic heterocycles. The summed E-state index contributed by atoms with van der Waals surface area (Å²) in [5.74, 6) is -0.523. The number of unbranched alkanes of at least 4 members (excludes halogenated alkanes) is 15. The average molecular weight is 566 g/mol. The van der Waals surface area contributed by atoms with Crippen molar-refractivity contribution in [2.24, 2.45) is 0 Å². The van der Waals surface area contributed by atoms with E-state index >= 15 is 0 Å². The molecule has 0 aromatic carbocycles. The maximum atomic E-state index is 11.9. The van der Waals surface area contributed by atoms with Gasteiger partial charge in [0.05, 0.1) is 13.2 Å². The summed E-state index contributed by atoms with van der Waals surface area (Å²) < 4.78 is 26.5. The van der Waals surface area contributed by atoms with Gasteiger partial charge < -0.3 is 20.1 Å². The standard InChI is InChI=1S/C28H56NO8P/c1-3-5-7-9-11-12-13-15-17-19-21-28(32)35-24-26(30)25-37-38(33,34)36-23-22-29-27(31)20-18-16-14-10-8-6-4-2/h26,30H,3-25H2,1-2H3,(H,29,31)(H,33,34). The molecule has 3 N–H and O–H groups in total. The molecule has 0 heterocycles. The highest BCUT2D eigenvalue weighted by atomic mass is 31.2. The first kappa shape index (κ1) is 37.0. The first-order valence-corrected chi connectivity index (χ1v) is 16.5. The fourth-order valence-electron chi connectivity index (χ4n) is 3.97. The summed E-state index contributed by atoms with van der Waals surface area (Å²) in [6.45, 7) is 3.46. The number of rotatable bonds is 28. The van der Waals surface area contributed by atoms with Crippen LogP contribution in [0.2, 0.25) is 0 Å². The van der Waals surface area contributed by atoms with Crippen molar-refractivity contribution in [3.05, 3.63) is 0 Å². The smallest absolute Gasteiger partial charge is 0.463 e. The predicted molar refractivity (Wildman–Crippen MR) is 151 cm³/mol. The minimum Gasteiger partial charge on any atom is -0.463 e. The number of nitrogens with one attached hydrogen (secondary N) is 1. The average Bonchev–Trinajstić information content (AvgIpc) is 2.89. The zero-order chi connectivity index (χ0) is 28.3. The van der Waals surface area contributed by atoms with Crippen LogP contribution in [0, 0.1) is 0 Å². The normalized spacial score (nSPS) is 13.7. The lowest BCUT2D eigenvalue weighted by Crippen LogP contribution is -2.27. The third-order valence-corrected chi connectivity index (χ3v) is 7.27. The number of esters is 1. The molecule has 2 atom stereocenters. The van der Waals surface area contributed by atoms with Crippen LogP contribution >= 0.6 is 7.82 Å². The van der Waals surface area contributed by atoms with Crippen LogP contribution in [0.4, 0.5) is 0 Å². The highest BCUT2D eigenvalue weighted by Crippen LogP contribution is 2.42. The summed E-state index contributed by atoms with van der Waals surface area (Å²) in [7, 11) is -4.38. The zero-order valence-electron chi connectivity index (χ0n) is 24.1. The van der Waals surface area contributed by atoms with Crippen molar-refractivity contribution < 1.29 is 37.9 Å². The molecule has 0 saturated carbocycles. The van der Waals surface area contributed by atoms with Crippen molar-refractivity contribution in [1.29, 1.82) is 0 Å². The number of carbonyl (C=O) groups excluding carboxylic acids is 2. The second kappa shape index (κ2) is 26.2. The highest BCUT2D eigenvalue weighted by Gasteiger charge is 2.23. The lowest BCUT2D eigenvalue weighted by molar-refractivity contribution is -0.147. The maximum Gasteiger partial charge on any atom is 0.472 e. The highest BCUT2D eigenvalue weighted by molar-refractivity contribution is 7.47. The van der Waals surface area contributed by atoms with E-state index in [1.807, 2.05) is 0 Å². The second-order valence-electron chi connectivity index (χ2n) is 10.1. The molecular weight excluding hydrogens is 509 g/mol. The molecule has 0 bridgehead atoms. The fraction of sp³-hybridized carbons (Fsp3) is 0.929. The predicted octanol–water partition coefficient (Wildman–Crippen LogP) is 6.59. The van der Waals surface area contributed by atoms with Crippen LogP contribution in [0.3, 0.4) is 0 Å². The summed E-state index contributed by atoms with van der Waals surface area (Å²) >= 11 is 0. The van der Waals surface area contributed by atoms with E-state index in [0.29, 0.717) is 6.42 Å². The number of hydrogen-bond acceptors (Lipinski definition) is 7. The Labute approximate surface area is 231 Å². The Kier molecular flexibility index (Phi) is 25.6. The van der Waals surface area contributed by atoms with E-state index in [2.05, 4.69) is 19.2 Å². The molecule has 2 unspecified atom stereocenters. The van der Waals surface area contributed by atoms with Gasteiger partial charge in [-0.2, -0.15) is 0 Å². The van der Waals surface area contributed by atoms with Gasteiger partial charge in [-0.25, -0.2) is 4.57 Å². The molecule has 10 heteroatoms. The fourth-order valence-corrected chi connectivity index (χ4v) is 4.72. The Balaban J connectivity index is 3.67. The molecule has 38 heavy (non-hydrogen) atoms. The molecule has 0 radical (unpaired) electrons. The van der Waals surface area contributed by atoms with E-state index in [-0.39, 0.29) is 32.1 Å². The maximum absolute atomic E-state index is 11.9. The zero-order valence-corrected chi connectivity index (χ0v) is 25.0. The molecule has 0 aliphatic rings. The van der Waals surface area contributed by atoms with Crippen LogP contribution < -0.4 is 5.32 Å². The van der Waals surface area contributed by atoms with Gasteiger partial charge in [-0.3, -0.25) is 18.6 Å². The number of aliphatic hydroxyl groups is 1. The van der Waals surface area contributed by atoms with E-state index in [1.165, 1.54) is 70.6 Å². The topological polar surface area (TPSA) is 131 Å². The van der Waals surface area contributed by atoms with Crippen molar-refractivity contribution in [2.45, 2.75) is 142 Å². The number of aliphatic hydroxyl groups excluding tert-OH is 1. The number of phosphoric ester groups is 1. The molecule has 9 nitrogen and oxygen atoms in total. The van der Waals surface area contributed by atoms with E-state index in [4.69, 9.17) is 13.8 Å². The quantitative estimate of drug-likeness (QED) is 0.0550. The Morgan fingerprint density at radius 3 is 1.71 bits per heavy atom. The van der Waals surface area contributed by atoms with Gasteiger partial charge in [-0.15, -0.1) is 0 Å². The lowest BCUT2D eigenvalue weighted by Gasteiger charge is -2.15. The van der Waals surface area contributed by atoms with Crippen molar-refractivity contribution in [1.82, 2.24) is 5.32 Å². The summed E-state index contributed by atoms with van der Waals surface area (Å²) in [6.07, 6.45) is 19.1. The number of amides is 1. The third-order valence-electron chi connectivity index (χ3n) is 6.29. The molecule has 0 saturated heterocycles. The van der Waals surface area contributed by atoms with Crippen LogP contribution in [-0.2, 0) is 27.9 Å². The molecule has 0 rings (SSSR count). The van der Waals surface area contributed by atoms with Crippen molar-refractivity contribution in [3.8, 4) is 0 Å². The number of hydrogen-bond donors (Lipinski definition) is 3. The number of carbonyl (C=O) groups is 2. The van der Waals surface area contributed by atoms with Gasteiger partial charge in [0, 0.05) is 19.4 Å². The summed E-state index contributed by atoms with van der Waals surface area (Å²) in [5.41, 5.74) is 0. The Bertz CT molecular complexity index is 620. The van der Waals surface area contributed by atoms with Crippen molar-refractivity contribution in [3.63, 3.8) is 0 Å². The molecule has 0 aliphatic carbocycles. The summed E-state index contributed by atoms with van der Waals surface area (Å²) in [4.78, 5) is 33.3. The van der Waals surface area contributed by atoms with E-state index < -0.39 is 26.5 Å². The molecule has 226 valence electrons. The Morgan fingerprint density at radius 1 is 0.711 bits per heavy atom. The summed E-state index contributed by atoms with van der Waals surface area (Å²) in [5, 5.41) is 12.5. The van der Waals surface area contributed by atoms with Crippen LogP contribution in [0.1, 0.15) is 136 Å². The van der Waals surface area contributed by atoms with Gasteiger partial charge in [0.15, 0.2) is 0 Å². The van der Waals surface area contributed by atoms with Gasteiger partial charge >= 0.3 is 13.8 Å². The monoisotopic (exact) mass is 565 g/mol. The van der Waals surface area contributed by atoms with E-state index in [0.717, 1.165) is 38.5 Å².